The maximum absolute atomic E-state index is 10.3. The fourth-order valence-corrected chi connectivity index (χ4v) is 2.21. The molecule has 2 rings (SSSR count). The zero-order chi connectivity index (χ0) is 17.2. The van der Waals surface area contributed by atoms with E-state index in [2.05, 4.69) is 29.5 Å². The van der Waals surface area contributed by atoms with E-state index in [-0.39, 0.29) is 0 Å². The first kappa shape index (κ1) is 18.1. The second kappa shape index (κ2) is 9.78. The molecule has 0 aliphatic rings. The molecular weight excluding hydrogens is 302 g/mol. The van der Waals surface area contributed by atoms with E-state index in [0.717, 1.165) is 30.7 Å². The lowest BCUT2D eigenvalue weighted by molar-refractivity contribution is 0.187. The first-order valence-corrected chi connectivity index (χ1v) is 8.49. The maximum Gasteiger partial charge on any atom is 0.191 e. The summed E-state index contributed by atoms with van der Waals surface area (Å²) in [5.74, 6) is 1.65. The highest BCUT2D eigenvalue weighted by molar-refractivity contribution is 5.80. The lowest BCUT2D eigenvalue weighted by Crippen LogP contribution is -2.43. The van der Waals surface area contributed by atoms with Gasteiger partial charge in [0, 0.05) is 19.0 Å². The molecule has 2 unspecified atom stereocenters. The molecule has 2 aromatic rings. The van der Waals surface area contributed by atoms with Crippen LogP contribution in [0, 0.1) is 0 Å². The van der Waals surface area contributed by atoms with E-state index in [1.54, 1.807) is 6.26 Å². The van der Waals surface area contributed by atoms with Gasteiger partial charge in [-0.2, -0.15) is 0 Å². The van der Waals surface area contributed by atoms with Gasteiger partial charge in [-0.15, -0.1) is 0 Å². The van der Waals surface area contributed by atoms with Gasteiger partial charge < -0.3 is 20.2 Å². The van der Waals surface area contributed by atoms with Crippen LogP contribution in [0.1, 0.15) is 37.7 Å². The number of rotatable bonds is 8. The van der Waals surface area contributed by atoms with E-state index < -0.39 is 6.10 Å². The average Bonchev–Trinajstić information content (AvgIpc) is 3.13. The third-order valence-corrected chi connectivity index (χ3v) is 3.85. The lowest BCUT2D eigenvalue weighted by Gasteiger charge is -2.17. The third-order valence-electron chi connectivity index (χ3n) is 3.85. The molecule has 1 heterocycles. The summed E-state index contributed by atoms with van der Waals surface area (Å²) in [7, 11) is 0. The van der Waals surface area contributed by atoms with E-state index in [1.807, 2.05) is 42.5 Å². The van der Waals surface area contributed by atoms with Gasteiger partial charge in [0.25, 0.3) is 0 Å². The molecule has 0 fully saturated rings. The monoisotopic (exact) mass is 329 g/mol. The normalized spacial score (nSPS) is 14.2. The Labute approximate surface area is 143 Å². The Kier molecular flexibility index (Phi) is 7.36. The first-order valence-electron chi connectivity index (χ1n) is 8.49. The van der Waals surface area contributed by atoms with Gasteiger partial charge in [-0.3, -0.25) is 4.99 Å². The molecule has 0 bridgehead atoms. The van der Waals surface area contributed by atoms with Crippen molar-refractivity contribution in [3.8, 4) is 0 Å². The van der Waals surface area contributed by atoms with Crippen LogP contribution in [0.25, 0.3) is 0 Å². The largest absolute Gasteiger partial charge is 0.469 e. The standard InChI is InChI=1S/C19H27N3O2/c1-3-15(2)22-19(20-12-11-17-10-7-13-24-17)21-14-18(23)16-8-5-4-6-9-16/h4-10,13,15,18,23H,3,11-12,14H2,1-2H3,(H2,20,21,22). The molecule has 0 aliphatic carbocycles. The second-order valence-corrected chi connectivity index (χ2v) is 5.83. The van der Waals surface area contributed by atoms with E-state index in [1.165, 1.54) is 0 Å². The Morgan fingerprint density at radius 3 is 2.67 bits per heavy atom. The maximum atomic E-state index is 10.3. The molecule has 1 aromatic heterocycles. The minimum Gasteiger partial charge on any atom is -0.469 e. The van der Waals surface area contributed by atoms with Crippen LogP contribution < -0.4 is 10.6 Å². The van der Waals surface area contributed by atoms with Gasteiger partial charge in [-0.05, 0) is 31.0 Å². The molecule has 2 atom stereocenters. The Morgan fingerprint density at radius 1 is 1.21 bits per heavy atom. The molecule has 0 saturated heterocycles. The fraction of sp³-hybridized carbons (Fsp3) is 0.421. The Morgan fingerprint density at radius 2 is 2.00 bits per heavy atom. The van der Waals surface area contributed by atoms with Gasteiger partial charge in [-0.1, -0.05) is 37.3 Å². The van der Waals surface area contributed by atoms with E-state index in [4.69, 9.17) is 4.42 Å². The number of benzene rings is 1. The van der Waals surface area contributed by atoms with Crippen molar-refractivity contribution in [3.05, 3.63) is 60.1 Å². The van der Waals surface area contributed by atoms with Gasteiger partial charge in [0.15, 0.2) is 5.96 Å². The molecule has 0 aliphatic heterocycles. The summed E-state index contributed by atoms with van der Waals surface area (Å²) in [6.07, 6.45) is 2.86. The van der Waals surface area contributed by atoms with Crippen LogP contribution >= 0.6 is 0 Å². The molecular formula is C19H27N3O2. The Hall–Kier alpha value is -2.27. The zero-order valence-electron chi connectivity index (χ0n) is 14.4. The van der Waals surface area contributed by atoms with Crippen molar-refractivity contribution in [1.82, 2.24) is 10.6 Å². The SMILES string of the molecule is CCC(C)NC(=NCC(O)c1ccccc1)NCCc1ccco1. The van der Waals surface area contributed by atoms with Crippen LogP contribution in [0.4, 0.5) is 0 Å². The van der Waals surface area contributed by atoms with Crippen LogP contribution in [0.3, 0.4) is 0 Å². The predicted octanol–water partition coefficient (Wildman–Crippen LogP) is 2.89. The zero-order valence-corrected chi connectivity index (χ0v) is 14.4. The molecule has 130 valence electrons. The number of hydrogen-bond donors (Lipinski definition) is 3. The molecule has 1 aromatic carbocycles. The lowest BCUT2D eigenvalue weighted by atomic mass is 10.1. The van der Waals surface area contributed by atoms with Crippen molar-refractivity contribution in [2.75, 3.05) is 13.1 Å². The summed E-state index contributed by atoms with van der Waals surface area (Å²) in [6, 6.07) is 13.8. The van der Waals surface area contributed by atoms with Crippen molar-refractivity contribution < 1.29 is 9.52 Å². The topological polar surface area (TPSA) is 69.8 Å². The Balaban J connectivity index is 1.90. The molecule has 5 heteroatoms. The van der Waals surface area contributed by atoms with Crippen LogP contribution in [0.2, 0.25) is 0 Å². The summed E-state index contributed by atoms with van der Waals surface area (Å²) in [5.41, 5.74) is 0.875. The minimum absolute atomic E-state index is 0.314. The number of aliphatic imine (C=N–C) groups is 1. The second-order valence-electron chi connectivity index (χ2n) is 5.83. The van der Waals surface area contributed by atoms with Gasteiger partial charge >= 0.3 is 0 Å². The molecule has 24 heavy (non-hydrogen) atoms. The molecule has 0 spiro atoms. The Bertz CT molecular complexity index is 596. The van der Waals surface area contributed by atoms with E-state index in [0.29, 0.717) is 18.5 Å². The molecule has 0 radical (unpaired) electrons. The molecule has 3 N–H and O–H groups in total. The van der Waals surface area contributed by atoms with E-state index in [9.17, 15) is 5.11 Å². The van der Waals surface area contributed by atoms with Crippen molar-refractivity contribution in [3.63, 3.8) is 0 Å². The summed E-state index contributed by atoms with van der Waals surface area (Å²) < 4.78 is 5.33. The number of aliphatic hydroxyl groups is 1. The number of guanidine groups is 1. The van der Waals surface area contributed by atoms with Crippen LogP contribution in [0.15, 0.2) is 58.1 Å². The summed E-state index contributed by atoms with van der Waals surface area (Å²) in [5, 5.41) is 16.9. The predicted molar refractivity (Wildman–Crippen MR) is 97.0 cm³/mol. The number of nitrogens with zero attached hydrogens (tertiary/aromatic N) is 1. The number of nitrogens with one attached hydrogen (secondary N) is 2. The van der Waals surface area contributed by atoms with Gasteiger partial charge in [0.1, 0.15) is 5.76 Å². The van der Waals surface area contributed by atoms with E-state index >= 15 is 0 Å². The summed E-state index contributed by atoms with van der Waals surface area (Å²) in [6.45, 7) is 5.27. The van der Waals surface area contributed by atoms with Crippen LogP contribution in [-0.4, -0.2) is 30.2 Å². The minimum atomic E-state index is -0.605. The molecule has 5 nitrogen and oxygen atoms in total. The highest BCUT2D eigenvalue weighted by Gasteiger charge is 2.08. The van der Waals surface area contributed by atoms with Crippen molar-refractivity contribution in [2.45, 2.75) is 38.8 Å². The fourth-order valence-electron chi connectivity index (χ4n) is 2.21. The van der Waals surface area contributed by atoms with Gasteiger partial charge in [-0.25, -0.2) is 0 Å². The molecule has 0 amide bonds. The van der Waals surface area contributed by atoms with Crippen molar-refractivity contribution in [2.24, 2.45) is 4.99 Å². The third kappa shape index (κ3) is 6.08. The average molecular weight is 329 g/mol. The van der Waals surface area contributed by atoms with Crippen molar-refractivity contribution in [1.29, 1.82) is 0 Å². The van der Waals surface area contributed by atoms with Crippen LogP contribution in [0.5, 0.6) is 0 Å². The smallest absolute Gasteiger partial charge is 0.191 e. The highest BCUT2D eigenvalue weighted by Crippen LogP contribution is 2.11. The van der Waals surface area contributed by atoms with Gasteiger partial charge in [0.2, 0.25) is 0 Å². The molecule has 0 saturated carbocycles. The first-order chi connectivity index (χ1) is 11.7. The highest BCUT2D eigenvalue weighted by atomic mass is 16.3. The number of furan rings is 1. The summed E-state index contributed by atoms with van der Waals surface area (Å²) in [4.78, 5) is 4.52. The number of hydrogen-bond acceptors (Lipinski definition) is 3. The quantitative estimate of drug-likeness (QED) is 0.514. The summed E-state index contributed by atoms with van der Waals surface area (Å²) >= 11 is 0. The van der Waals surface area contributed by atoms with Crippen molar-refractivity contribution >= 4 is 5.96 Å². The van der Waals surface area contributed by atoms with Crippen LogP contribution in [-0.2, 0) is 6.42 Å². The number of aliphatic hydroxyl groups excluding tert-OH is 1. The van der Waals surface area contributed by atoms with Gasteiger partial charge in [0.05, 0.1) is 18.9 Å².